The van der Waals surface area contributed by atoms with Crippen molar-refractivity contribution in [3.05, 3.63) is 58.0 Å². The zero-order valence-electron chi connectivity index (χ0n) is 10.7. The third kappa shape index (κ3) is 3.27. The van der Waals surface area contributed by atoms with Crippen LogP contribution < -0.4 is 0 Å². The molecule has 0 aliphatic rings. The number of hydrogen-bond acceptors (Lipinski definition) is 3. The van der Waals surface area contributed by atoms with Crippen LogP contribution >= 0.6 is 15.9 Å². The smallest absolute Gasteiger partial charge is 0.335 e. The van der Waals surface area contributed by atoms with Gasteiger partial charge in [-0.25, -0.2) is 4.79 Å². The van der Waals surface area contributed by atoms with Gasteiger partial charge in [0, 0.05) is 12.6 Å². The molecule has 0 bridgehead atoms. The molecule has 1 N–H and O–H groups in total. The van der Waals surface area contributed by atoms with Crippen LogP contribution in [-0.2, 0) is 6.54 Å². The molecule has 1 aromatic heterocycles. The van der Waals surface area contributed by atoms with E-state index in [9.17, 15) is 9.59 Å². The summed E-state index contributed by atoms with van der Waals surface area (Å²) in [5.74, 6) is -0.681. The van der Waals surface area contributed by atoms with E-state index in [1.807, 2.05) is 0 Å². The van der Waals surface area contributed by atoms with E-state index in [2.05, 4.69) is 15.9 Å². The lowest BCUT2D eigenvalue weighted by atomic mass is 10.1. The molecule has 0 unspecified atom stereocenters. The molecule has 2 rings (SSSR count). The average molecular weight is 338 g/mol. The Kier molecular flexibility index (Phi) is 4.24. The largest absolute Gasteiger partial charge is 0.478 e. The lowest BCUT2D eigenvalue weighted by Gasteiger charge is -2.15. The Morgan fingerprint density at radius 3 is 2.55 bits per heavy atom. The number of benzene rings is 1. The monoisotopic (exact) mass is 337 g/mol. The number of amides is 1. The van der Waals surface area contributed by atoms with Crippen molar-refractivity contribution in [2.45, 2.75) is 6.54 Å². The Morgan fingerprint density at radius 1 is 1.25 bits per heavy atom. The van der Waals surface area contributed by atoms with Crippen molar-refractivity contribution in [2.24, 2.45) is 0 Å². The van der Waals surface area contributed by atoms with Gasteiger partial charge in [0.2, 0.25) is 0 Å². The van der Waals surface area contributed by atoms with Crippen LogP contribution in [0.3, 0.4) is 0 Å². The maximum Gasteiger partial charge on any atom is 0.335 e. The van der Waals surface area contributed by atoms with Gasteiger partial charge in [-0.15, -0.1) is 0 Å². The molecular formula is C14H12BrNO4. The van der Waals surface area contributed by atoms with Gasteiger partial charge in [0.25, 0.3) is 5.91 Å². The van der Waals surface area contributed by atoms with Crippen molar-refractivity contribution < 1.29 is 19.1 Å². The molecule has 0 aliphatic heterocycles. The number of carbonyl (C=O) groups excluding carboxylic acids is 1. The number of carboxylic acid groups (broad SMARTS) is 1. The highest BCUT2D eigenvalue weighted by Gasteiger charge is 2.15. The van der Waals surface area contributed by atoms with Gasteiger partial charge in [0.05, 0.1) is 12.1 Å². The van der Waals surface area contributed by atoms with Crippen molar-refractivity contribution in [1.29, 1.82) is 0 Å². The lowest BCUT2D eigenvalue weighted by Crippen LogP contribution is -2.26. The molecule has 0 radical (unpaired) electrons. The lowest BCUT2D eigenvalue weighted by molar-refractivity contribution is 0.0697. The summed E-state index contributed by atoms with van der Waals surface area (Å²) in [6.07, 6.45) is 0. The predicted molar refractivity (Wildman–Crippen MR) is 75.6 cm³/mol. The molecule has 0 fully saturated rings. The Hall–Kier alpha value is -2.08. The van der Waals surface area contributed by atoms with Gasteiger partial charge >= 0.3 is 5.97 Å². The van der Waals surface area contributed by atoms with Gasteiger partial charge in [0.15, 0.2) is 4.67 Å². The summed E-state index contributed by atoms with van der Waals surface area (Å²) in [5, 5.41) is 8.92. The van der Waals surface area contributed by atoms with Gasteiger partial charge in [-0.1, -0.05) is 6.07 Å². The summed E-state index contributed by atoms with van der Waals surface area (Å²) >= 11 is 3.19. The molecule has 20 heavy (non-hydrogen) atoms. The van der Waals surface area contributed by atoms with Crippen LogP contribution in [0.15, 0.2) is 45.5 Å². The zero-order valence-corrected chi connectivity index (χ0v) is 12.3. The van der Waals surface area contributed by atoms with Crippen molar-refractivity contribution in [2.75, 3.05) is 7.05 Å². The first kappa shape index (κ1) is 14.3. The minimum atomic E-state index is -1.06. The van der Waals surface area contributed by atoms with Crippen LogP contribution in [0.5, 0.6) is 0 Å². The molecule has 0 atom stereocenters. The Labute approximate surface area is 123 Å². The van der Waals surface area contributed by atoms with E-state index >= 15 is 0 Å². The van der Waals surface area contributed by atoms with E-state index in [4.69, 9.17) is 9.52 Å². The van der Waals surface area contributed by atoms with Gasteiger partial charge in [-0.3, -0.25) is 4.79 Å². The molecule has 0 saturated carbocycles. The molecule has 2 aromatic rings. The third-order valence-corrected chi connectivity index (χ3v) is 3.15. The number of nitrogens with zero attached hydrogens (tertiary/aromatic N) is 1. The highest BCUT2D eigenvalue weighted by Crippen LogP contribution is 2.16. The van der Waals surface area contributed by atoms with Gasteiger partial charge in [0.1, 0.15) is 5.76 Å². The minimum Gasteiger partial charge on any atom is -0.478 e. The van der Waals surface area contributed by atoms with Gasteiger partial charge in [-0.2, -0.15) is 0 Å². The number of halogens is 1. The molecule has 0 spiro atoms. The van der Waals surface area contributed by atoms with Crippen LogP contribution in [-0.4, -0.2) is 28.9 Å². The van der Waals surface area contributed by atoms with E-state index < -0.39 is 5.97 Å². The van der Waals surface area contributed by atoms with Crippen LogP contribution in [0.2, 0.25) is 0 Å². The van der Waals surface area contributed by atoms with Crippen LogP contribution in [0, 0.1) is 0 Å². The fourth-order valence-corrected chi connectivity index (χ4v) is 2.09. The first-order valence-corrected chi connectivity index (χ1v) is 6.59. The van der Waals surface area contributed by atoms with Crippen molar-refractivity contribution in [3.63, 3.8) is 0 Å². The first-order valence-electron chi connectivity index (χ1n) is 5.80. The zero-order chi connectivity index (χ0) is 14.7. The van der Waals surface area contributed by atoms with Crippen molar-refractivity contribution >= 4 is 27.8 Å². The fourth-order valence-electron chi connectivity index (χ4n) is 1.75. The number of carboxylic acids is 1. The second-order valence-electron chi connectivity index (χ2n) is 4.25. The molecule has 0 aliphatic carbocycles. The van der Waals surface area contributed by atoms with E-state index in [-0.39, 0.29) is 11.5 Å². The summed E-state index contributed by atoms with van der Waals surface area (Å²) in [5.41, 5.74) is 0.419. The number of hydrogen-bond donors (Lipinski definition) is 1. The maximum atomic E-state index is 12.2. The number of rotatable bonds is 4. The van der Waals surface area contributed by atoms with Crippen molar-refractivity contribution in [3.8, 4) is 0 Å². The molecule has 1 aromatic carbocycles. The fraction of sp³-hybridized carbons (Fsp3) is 0.143. The molecule has 1 heterocycles. The van der Waals surface area contributed by atoms with Crippen LogP contribution in [0.1, 0.15) is 26.5 Å². The molecule has 0 saturated heterocycles. The van der Waals surface area contributed by atoms with Crippen LogP contribution in [0.25, 0.3) is 0 Å². The summed E-state index contributed by atoms with van der Waals surface area (Å²) in [6, 6.07) is 9.46. The second-order valence-corrected chi connectivity index (χ2v) is 5.03. The normalized spacial score (nSPS) is 10.3. The highest BCUT2D eigenvalue weighted by atomic mass is 79.9. The number of furan rings is 1. The van der Waals surface area contributed by atoms with Gasteiger partial charge < -0.3 is 14.4 Å². The first-order chi connectivity index (χ1) is 9.47. The number of carbonyl (C=O) groups is 2. The van der Waals surface area contributed by atoms with Crippen molar-refractivity contribution in [1.82, 2.24) is 4.90 Å². The Bertz CT molecular complexity index is 650. The topological polar surface area (TPSA) is 70.8 Å². The SMILES string of the molecule is CN(Cc1ccc(Br)o1)C(=O)c1cccc(C(=O)O)c1. The molecule has 104 valence electrons. The Morgan fingerprint density at radius 2 is 1.95 bits per heavy atom. The highest BCUT2D eigenvalue weighted by molar-refractivity contribution is 9.10. The summed E-state index contributed by atoms with van der Waals surface area (Å²) < 4.78 is 5.93. The average Bonchev–Trinajstić information content (AvgIpc) is 2.83. The summed E-state index contributed by atoms with van der Waals surface area (Å²) in [7, 11) is 1.63. The molecule has 1 amide bonds. The van der Waals surface area contributed by atoms with E-state index in [1.165, 1.54) is 17.0 Å². The Balaban J connectivity index is 2.14. The van der Waals surface area contributed by atoms with Gasteiger partial charge in [-0.05, 0) is 46.3 Å². The quantitative estimate of drug-likeness (QED) is 0.930. The minimum absolute atomic E-state index is 0.0880. The standard InChI is InChI=1S/C14H12BrNO4/c1-16(8-11-5-6-12(15)20-11)13(17)9-3-2-4-10(7-9)14(18)19/h2-7H,8H2,1H3,(H,18,19). The maximum absolute atomic E-state index is 12.2. The van der Waals surface area contributed by atoms with E-state index in [0.717, 1.165) is 0 Å². The third-order valence-electron chi connectivity index (χ3n) is 2.73. The number of aromatic carboxylic acids is 1. The molecule has 6 heteroatoms. The predicted octanol–water partition coefficient (Wildman–Crippen LogP) is 3.01. The molecule has 5 nitrogen and oxygen atoms in total. The molecular weight excluding hydrogens is 326 g/mol. The second kappa shape index (κ2) is 5.92. The summed E-state index contributed by atoms with van der Waals surface area (Å²) in [4.78, 5) is 24.6. The van der Waals surface area contributed by atoms with E-state index in [1.54, 1.807) is 31.3 Å². The van der Waals surface area contributed by atoms with Crippen LogP contribution in [0.4, 0.5) is 0 Å². The summed E-state index contributed by atoms with van der Waals surface area (Å²) in [6.45, 7) is 0.307. The van der Waals surface area contributed by atoms with E-state index in [0.29, 0.717) is 22.5 Å².